The smallest absolute Gasteiger partial charge is 0.328 e. The molecular weight excluding hydrogens is 238 g/mol. The first-order chi connectivity index (χ1) is 8.69. The molecule has 1 N–H and O–H groups in total. The topological polar surface area (TPSA) is 40.5 Å². The van der Waals surface area contributed by atoms with Gasteiger partial charge in [-0.2, -0.15) is 0 Å². The fourth-order valence-electron chi connectivity index (χ4n) is 2.11. The van der Waals surface area contributed by atoms with Gasteiger partial charge in [0.1, 0.15) is 0 Å². The summed E-state index contributed by atoms with van der Waals surface area (Å²) in [5.74, 6) is -0.925. The van der Waals surface area contributed by atoms with Crippen LogP contribution < -0.4 is 4.90 Å². The Balaban J connectivity index is 3.09. The molecule has 3 nitrogen and oxygen atoms in total. The van der Waals surface area contributed by atoms with Crippen LogP contribution in [0.5, 0.6) is 0 Å². The molecule has 0 saturated carbocycles. The number of benzene rings is 1. The van der Waals surface area contributed by atoms with Crippen molar-refractivity contribution in [1.82, 2.24) is 0 Å². The van der Waals surface area contributed by atoms with Crippen molar-refractivity contribution in [3.63, 3.8) is 0 Å². The van der Waals surface area contributed by atoms with Gasteiger partial charge in [-0.15, -0.1) is 0 Å². The summed E-state index contributed by atoms with van der Waals surface area (Å²) >= 11 is 0. The van der Waals surface area contributed by atoms with Gasteiger partial charge in [0.25, 0.3) is 0 Å². The van der Waals surface area contributed by atoms with E-state index in [9.17, 15) is 4.79 Å². The number of nitrogens with zero attached hydrogens (tertiary/aromatic N) is 1. The van der Waals surface area contributed by atoms with Crippen LogP contribution in [-0.4, -0.2) is 24.7 Å². The first-order valence-electron chi connectivity index (χ1n) is 6.42. The summed E-state index contributed by atoms with van der Waals surface area (Å²) in [6.45, 7) is 9.47. The molecule has 0 aliphatic rings. The van der Waals surface area contributed by atoms with Crippen LogP contribution in [0.4, 0.5) is 5.69 Å². The highest BCUT2D eigenvalue weighted by Gasteiger charge is 2.15. The van der Waals surface area contributed by atoms with E-state index in [1.54, 1.807) is 6.08 Å². The van der Waals surface area contributed by atoms with Crippen molar-refractivity contribution in [2.24, 2.45) is 5.41 Å². The van der Waals surface area contributed by atoms with Crippen LogP contribution in [0.15, 0.2) is 24.3 Å². The lowest BCUT2D eigenvalue weighted by molar-refractivity contribution is -0.131. The van der Waals surface area contributed by atoms with Gasteiger partial charge in [-0.05, 0) is 36.1 Å². The monoisotopic (exact) mass is 261 g/mol. The number of aryl methyl sites for hydroxylation is 1. The van der Waals surface area contributed by atoms with E-state index >= 15 is 0 Å². The van der Waals surface area contributed by atoms with Gasteiger partial charge in [-0.3, -0.25) is 0 Å². The van der Waals surface area contributed by atoms with Crippen molar-refractivity contribution in [3.8, 4) is 0 Å². The first-order valence-corrected chi connectivity index (χ1v) is 6.42. The number of carboxylic acid groups (broad SMARTS) is 1. The van der Waals surface area contributed by atoms with Gasteiger partial charge in [-0.1, -0.05) is 32.4 Å². The van der Waals surface area contributed by atoms with Gasteiger partial charge in [-0.25, -0.2) is 4.79 Å². The third-order valence-corrected chi connectivity index (χ3v) is 2.71. The Labute approximate surface area is 115 Å². The summed E-state index contributed by atoms with van der Waals surface area (Å²) in [6.07, 6.45) is 2.84. The molecule has 19 heavy (non-hydrogen) atoms. The lowest BCUT2D eigenvalue weighted by Gasteiger charge is -2.29. The van der Waals surface area contributed by atoms with Crippen molar-refractivity contribution in [1.29, 1.82) is 0 Å². The van der Waals surface area contributed by atoms with Gasteiger partial charge in [0, 0.05) is 25.4 Å². The van der Waals surface area contributed by atoms with Crippen molar-refractivity contribution >= 4 is 17.7 Å². The molecule has 1 aromatic carbocycles. The minimum atomic E-state index is -0.925. The summed E-state index contributed by atoms with van der Waals surface area (Å²) in [5, 5.41) is 8.76. The third kappa shape index (κ3) is 5.16. The van der Waals surface area contributed by atoms with E-state index in [1.165, 1.54) is 6.08 Å². The highest BCUT2D eigenvalue weighted by atomic mass is 16.4. The zero-order valence-corrected chi connectivity index (χ0v) is 12.4. The van der Waals surface area contributed by atoms with Crippen LogP contribution in [0.1, 0.15) is 31.9 Å². The minimum Gasteiger partial charge on any atom is -0.478 e. The Kier molecular flexibility index (Phi) is 4.76. The Morgan fingerprint density at radius 1 is 1.37 bits per heavy atom. The molecule has 104 valence electrons. The molecular formula is C16H23NO2. The lowest BCUT2D eigenvalue weighted by atomic mass is 9.95. The molecule has 0 spiro atoms. The predicted octanol–water partition coefficient (Wildman–Crippen LogP) is 3.58. The maximum Gasteiger partial charge on any atom is 0.328 e. The molecule has 0 amide bonds. The second-order valence-corrected chi connectivity index (χ2v) is 6.15. The van der Waals surface area contributed by atoms with Crippen LogP contribution >= 0.6 is 0 Å². The molecule has 0 heterocycles. The van der Waals surface area contributed by atoms with E-state index in [-0.39, 0.29) is 5.41 Å². The van der Waals surface area contributed by atoms with Crippen molar-refractivity contribution in [2.45, 2.75) is 27.7 Å². The molecule has 0 saturated heterocycles. The normalized spacial score (nSPS) is 11.8. The highest BCUT2D eigenvalue weighted by Crippen LogP contribution is 2.25. The van der Waals surface area contributed by atoms with Crippen LogP contribution in [0, 0.1) is 12.3 Å². The second-order valence-electron chi connectivity index (χ2n) is 6.15. The van der Waals surface area contributed by atoms with Crippen LogP contribution in [0.25, 0.3) is 6.08 Å². The summed E-state index contributed by atoms with van der Waals surface area (Å²) in [6, 6.07) is 6.10. The van der Waals surface area contributed by atoms with Crippen molar-refractivity contribution in [2.75, 3.05) is 18.5 Å². The summed E-state index contributed by atoms with van der Waals surface area (Å²) in [7, 11) is 2.04. The fraction of sp³-hybridized carbons (Fsp3) is 0.438. The molecule has 0 unspecified atom stereocenters. The molecule has 3 heteroatoms. The number of carbonyl (C=O) groups is 1. The van der Waals surface area contributed by atoms with Crippen LogP contribution in [0.2, 0.25) is 0 Å². The number of hydrogen-bond acceptors (Lipinski definition) is 2. The Bertz CT molecular complexity index is 484. The lowest BCUT2D eigenvalue weighted by Crippen LogP contribution is -2.29. The SMILES string of the molecule is Cc1ccc(N(C)CC(C)(C)C)c(/C=C/C(=O)O)c1. The van der Waals surface area contributed by atoms with Gasteiger partial charge >= 0.3 is 5.97 Å². The fourth-order valence-corrected chi connectivity index (χ4v) is 2.11. The molecule has 0 radical (unpaired) electrons. The van der Waals surface area contributed by atoms with E-state index < -0.39 is 5.97 Å². The first kappa shape index (κ1) is 15.3. The van der Waals surface area contributed by atoms with E-state index in [2.05, 4.69) is 25.7 Å². The van der Waals surface area contributed by atoms with Crippen LogP contribution in [0.3, 0.4) is 0 Å². The molecule has 0 fully saturated rings. The second kappa shape index (κ2) is 5.91. The van der Waals surface area contributed by atoms with Gasteiger partial charge in [0.2, 0.25) is 0 Å². The van der Waals surface area contributed by atoms with Crippen LogP contribution in [-0.2, 0) is 4.79 Å². The van der Waals surface area contributed by atoms with Gasteiger partial charge < -0.3 is 10.0 Å². The standard InChI is InChI=1S/C16H23NO2/c1-12-6-8-14(17(5)11-16(2,3)4)13(10-12)7-9-15(18)19/h6-10H,11H2,1-5H3,(H,18,19)/b9-7+. The maximum atomic E-state index is 10.7. The molecule has 0 aliphatic heterocycles. The quantitative estimate of drug-likeness (QED) is 0.842. The zero-order valence-electron chi connectivity index (χ0n) is 12.4. The Morgan fingerprint density at radius 3 is 2.53 bits per heavy atom. The molecule has 1 rings (SSSR count). The molecule has 0 bridgehead atoms. The Hall–Kier alpha value is -1.77. The summed E-state index contributed by atoms with van der Waals surface area (Å²) < 4.78 is 0. The summed E-state index contributed by atoms with van der Waals surface area (Å²) in [4.78, 5) is 12.8. The number of anilines is 1. The van der Waals surface area contributed by atoms with E-state index in [0.29, 0.717) is 0 Å². The number of rotatable bonds is 4. The van der Waals surface area contributed by atoms with E-state index in [4.69, 9.17) is 5.11 Å². The molecule has 0 atom stereocenters. The zero-order chi connectivity index (χ0) is 14.6. The van der Waals surface area contributed by atoms with Crippen molar-refractivity contribution in [3.05, 3.63) is 35.4 Å². The Morgan fingerprint density at radius 2 is 2.00 bits per heavy atom. The minimum absolute atomic E-state index is 0.188. The van der Waals surface area contributed by atoms with Crippen molar-refractivity contribution < 1.29 is 9.90 Å². The molecule has 0 aliphatic carbocycles. The highest BCUT2D eigenvalue weighted by molar-refractivity contribution is 5.87. The number of carboxylic acids is 1. The summed E-state index contributed by atoms with van der Waals surface area (Å²) in [5.41, 5.74) is 3.30. The van der Waals surface area contributed by atoms with E-state index in [1.807, 2.05) is 32.2 Å². The van der Waals surface area contributed by atoms with E-state index in [0.717, 1.165) is 23.4 Å². The third-order valence-electron chi connectivity index (χ3n) is 2.71. The maximum absolute atomic E-state index is 10.7. The average molecular weight is 261 g/mol. The number of hydrogen-bond donors (Lipinski definition) is 1. The largest absolute Gasteiger partial charge is 0.478 e. The van der Waals surface area contributed by atoms with Gasteiger partial charge in [0.05, 0.1) is 0 Å². The molecule has 0 aromatic heterocycles. The van der Waals surface area contributed by atoms with Gasteiger partial charge in [0.15, 0.2) is 0 Å². The average Bonchev–Trinajstić information content (AvgIpc) is 2.23. The molecule has 1 aromatic rings. The predicted molar refractivity (Wildman–Crippen MR) is 80.6 cm³/mol. The number of aliphatic carboxylic acids is 1.